The second kappa shape index (κ2) is 5.05. The first-order valence-electron chi connectivity index (χ1n) is 6.29. The molecule has 1 aromatic carbocycles. The number of hydrogen-bond donors (Lipinski definition) is 2. The normalized spacial score (nSPS) is 11.4. The summed E-state index contributed by atoms with van der Waals surface area (Å²) in [6.07, 6.45) is 0. The van der Waals surface area contributed by atoms with E-state index in [-0.39, 0.29) is 11.3 Å². The Morgan fingerprint density at radius 3 is 2.19 bits per heavy atom. The first-order chi connectivity index (χ1) is 9.71. The number of benzene rings is 1. The molecule has 2 aromatic rings. The molecule has 2 N–H and O–H groups in total. The minimum absolute atomic E-state index is 0.00433. The van der Waals surface area contributed by atoms with Crippen LogP contribution < -0.4 is 0 Å². The zero-order valence-corrected chi connectivity index (χ0v) is 11.9. The summed E-state index contributed by atoms with van der Waals surface area (Å²) in [6, 6.07) is 7.21. The molecule has 0 spiro atoms. The Morgan fingerprint density at radius 2 is 1.71 bits per heavy atom. The van der Waals surface area contributed by atoms with Crippen LogP contribution in [0.4, 0.5) is 0 Å². The van der Waals surface area contributed by atoms with Gasteiger partial charge in [-0.15, -0.1) is 0 Å². The van der Waals surface area contributed by atoms with E-state index in [1.54, 1.807) is 12.1 Å². The molecule has 0 unspecified atom stereocenters. The van der Waals surface area contributed by atoms with Crippen molar-refractivity contribution in [1.29, 1.82) is 0 Å². The fourth-order valence-corrected chi connectivity index (χ4v) is 2.05. The Labute approximate surface area is 121 Å². The Morgan fingerprint density at radius 1 is 1.10 bits per heavy atom. The van der Waals surface area contributed by atoms with Gasteiger partial charge in [0.05, 0.1) is 0 Å². The Kier molecular flexibility index (Phi) is 3.55. The number of carboxylic acid groups (broad SMARTS) is 2. The highest BCUT2D eigenvalue weighted by atomic mass is 16.4. The van der Waals surface area contributed by atoms with Crippen molar-refractivity contribution in [3.8, 4) is 11.5 Å². The van der Waals surface area contributed by atoms with Crippen LogP contribution in [0.15, 0.2) is 28.7 Å². The van der Waals surface area contributed by atoms with Crippen LogP contribution in [-0.2, 0) is 5.41 Å². The van der Waals surface area contributed by atoms with Crippen LogP contribution in [0, 0.1) is 0 Å². The lowest BCUT2D eigenvalue weighted by Gasteiger charge is -2.21. The van der Waals surface area contributed by atoms with Crippen molar-refractivity contribution in [3.05, 3.63) is 41.3 Å². The van der Waals surface area contributed by atoms with Gasteiger partial charge in [0.15, 0.2) is 0 Å². The van der Waals surface area contributed by atoms with Crippen LogP contribution in [0.1, 0.15) is 47.4 Å². The lowest BCUT2D eigenvalue weighted by Crippen LogP contribution is -2.12. The summed E-state index contributed by atoms with van der Waals surface area (Å²) in [7, 11) is 0. The SMILES string of the molecule is CC(C)(C)c1ccccc1-c1nc(C(=O)O)c(C(=O)O)o1. The van der Waals surface area contributed by atoms with Gasteiger partial charge in [-0.2, -0.15) is 0 Å². The number of aromatic nitrogens is 1. The minimum Gasteiger partial charge on any atom is -0.476 e. The van der Waals surface area contributed by atoms with Crippen LogP contribution in [0.3, 0.4) is 0 Å². The van der Waals surface area contributed by atoms with Crippen LogP contribution in [0.5, 0.6) is 0 Å². The van der Waals surface area contributed by atoms with Crippen molar-refractivity contribution < 1.29 is 24.2 Å². The Hall–Kier alpha value is -2.63. The fourth-order valence-electron chi connectivity index (χ4n) is 2.05. The number of nitrogens with zero attached hydrogens (tertiary/aromatic N) is 1. The van der Waals surface area contributed by atoms with E-state index < -0.39 is 23.4 Å². The Bertz CT molecular complexity index is 678. The van der Waals surface area contributed by atoms with Gasteiger partial charge in [0, 0.05) is 5.56 Å². The quantitative estimate of drug-likeness (QED) is 0.900. The van der Waals surface area contributed by atoms with E-state index in [1.807, 2.05) is 32.9 Å². The first-order valence-corrected chi connectivity index (χ1v) is 6.29. The van der Waals surface area contributed by atoms with Crippen molar-refractivity contribution in [2.24, 2.45) is 0 Å². The maximum Gasteiger partial charge on any atom is 0.374 e. The zero-order valence-electron chi connectivity index (χ0n) is 11.9. The van der Waals surface area contributed by atoms with E-state index in [1.165, 1.54) is 0 Å². The summed E-state index contributed by atoms with van der Waals surface area (Å²) in [5.41, 5.74) is 0.652. The van der Waals surface area contributed by atoms with Crippen molar-refractivity contribution >= 4 is 11.9 Å². The molecule has 0 atom stereocenters. The third kappa shape index (κ3) is 2.79. The van der Waals surface area contributed by atoms with E-state index in [4.69, 9.17) is 14.6 Å². The molecule has 0 amide bonds. The number of carboxylic acids is 2. The highest BCUT2D eigenvalue weighted by Crippen LogP contribution is 2.33. The summed E-state index contributed by atoms with van der Waals surface area (Å²) >= 11 is 0. The number of aromatic carboxylic acids is 2. The number of carbonyl (C=O) groups is 2. The van der Waals surface area contributed by atoms with Gasteiger partial charge < -0.3 is 14.6 Å². The standard InChI is InChI=1S/C15H15NO5/c1-15(2,3)9-7-5-4-6-8(9)12-16-10(13(17)18)11(21-12)14(19)20/h4-7H,1-3H3,(H,17,18)(H,19,20). The predicted molar refractivity (Wildman–Crippen MR) is 74.6 cm³/mol. The van der Waals surface area contributed by atoms with Gasteiger partial charge >= 0.3 is 11.9 Å². The minimum atomic E-state index is -1.46. The summed E-state index contributed by atoms with van der Waals surface area (Å²) in [4.78, 5) is 26.0. The first kappa shape index (κ1) is 14.8. The lowest BCUT2D eigenvalue weighted by molar-refractivity contribution is 0.0624. The van der Waals surface area contributed by atoms with E-state index in [9.17, 15) is 9.59 Å². The van der Waals surface area contributed by atoms with E-state index in [0.717, 1.165) is 5.56 Å². The molecule has 0 fully saturated rings. The average Bonchev–Trinajstić information content (AvgIpc) is 2.83. The molecule has 0 saturated carbocycles. The smallest absolute Gasteiger partial charge is 0.374 e. The van der Waals surface area contributed by atoms with Crippen LogP contribution >= 0.6 is 0 Å². The molecule has 6 nitrogen and oxygen atoms in total. The molecule has 2 rings (SSSR count). The summed E-state index contributed by atoms with van der Waals surface area (Å²) in [5.74, 6) is -3.56. The van der Waals surface area contributed by atoms with E-state index in [2.05, 4.69) is 4.98 Å². The zero-order chi connectivity index (χ0) is 15.8. The van der Waals surface area contributed by atoms with E-state index in [0.29, 0.717) is 5.56 Å². The lowest BCUT2D eigenvalue weighted by atomic mass is 9.84. The van der Waals surface area contributed by atoms with E-state index >= 15 is 0 Å². The highest BCUT2D eigenvalue weighted by Gasteiger charge is 2.27. The molecular formula is C15H15NO5. The second-order valence-corrected chi connectivity index (χ2v) is 5.60. The molecule has 110 valence electrons. The molecule has 1 aromatic heterocycles. The van der Waals surface area contributed by atoms with Crippen molar-refractivity contribution in [3.63, 3.8) is 0 Å². The van der Waals surface area contributed by atoms with Gasteiger partial charge in [-0.3, -0.25) is 0 Å². The monoisotopic (exact) mass is 289 g/mol. The molecule has 0 bridgehead atoms. The van der Waals surface area contributed by atoms with Gasteiger partial charge in [0.2, 0.25) is 17.3 Å². The maximum atomic E-state index is 11.1. The van der Waals surface area contributed by atoms with Gasteiger partial charge in [-0.1, -0.05) is 39.0 Å². The van der Waals surface area contributed by atoms with Gasteiger partial charge in [0.25, 0.3) is 0 Å². The maximum absolute atomic E-state index is 11.1. The van der Waals surface area contributed by atoms with Crippen molar-refractivity contribution in [2.45, 2.75) is 26.2 Å². The number of rotatable bonds is 3. The summed E-state index contributed by atoms with van der Waals surface area (Å²) < 4.78 is 5.17. The van der Waals surface area contributed by atoms with Crippen LogP contribution in [-0.4, -0.2) is 27.1 Å². The molecule has 0 aliphatic rings. The number of oxazole rings is 1. The molecule has 1 heterocycles. The topological polar surface area (TPSA) is 101 Å². The molecule has 21 heavy (non-hydrogen) atoms. The highest BCUT2D eigenvalue weighted by molar-refractivity contribution is 5.98. The summed E-state index contributed by atoms with van der Waals surface area (Å²) in [5, 5.41) is 18.0. The average molecular weight is 289 g/mol. The molecule has 6 heteroatoms. The van der Waals surface area contributed by atoms with Gasteiger partial charge in [-0.25, -0.2) is 14.6 Å². The largest absolute Gasteiger partial charge is 0.476 e. The third-order valence-corrected chi connectivity index (χ3v) is 2.99. The van der Waals surface area contributed by atoms with Gasteiger partial charge in [0.1, 0.15) is 0 Å². The molecule has 0 radical (unpaired) electrons. The van der Waals surface area contributed by atoms with Crippen LogP contribution in [0.2, 0.25) is 0 Å². The molecule has 0 saturated heterocycles. The second-order valence-electron chi connectivity index (χ2n) is 5.60. The van der Waals surface area contributed by atoms with Crippen LogP contribution in [0.25, 0.3) is 11.5 Å². The fraction of sp³-hybridized carbons (Fsp3) is 0.267. The summed E-state index contributed by atoms with van der Waals surface area (Å²) in [6.45, 7) is 5.97. The predicted octanol–water partition coefficient (Wildman–Crippen LogP) is 3.04. The Balaban J connectivity index is 2.67. The molecular weight excluding hydrogens is 274 g/mol. The van der Waals surface area contributed by atoms with Gasteiger partial charge in [-0.05, 0) is 17.0 Å². The number of hydrogen-bond acceptors (Lipinski definition) is 4. The molecule has 0 aliphatic heterocycles. The molecule has 0 aliphatic carbocycles. The third-order valence-electron chi connectivity index (χ3n) is 2.99. The van der Waals surface area contributed by atoms with Crippen molar-refractivity contribution in [2.75, 3.05) is 0 Å². The van der Waals surface area contributed by atoms with Crippen molar-refractivity contribution in [1.82, 2.24) is 4.98 Å².